The number of carbonyl (C=O) groups excluding carboxylic acids is 2. The smallest absolute Gasteiger partial charge is 0.319 e. The standard InChI is InChI=1S/C13H22N4O4S/c1-17(6-11(19)20)16-10(18)5-3-2-4-9-12-8(7-22-9)14-13(21)15-12/h8-9,12H,2-7H2,1H3,(H,16,18)(H,19,20)(H2,14,15,21)/t8-,9-,12-/m0/s1. The number of urea groups is 1. The van der Waals surface area contributed by atoms with Crippen molar-refractivity contribution in [3.05, 3.63) is 0 Å². The van der Waals surface area contributed by atoms with Crippen LogP contribution in [-0.2, 0) is 9.59 Å². The fourth-order valence-corrected chi connectivity index (χ4v) is 4.33. The highest BCUT2D eigenvalue weighted by Crippen LogP contribution is 2.33. The van der Waals surface area contributed by atoms with E-state index in [1.54, 1.807) is 0 Å². The van der Waals surface area contributed by atoms with E-state index < -0.39 is 5.97 Å². The zero-order chi connectivity index (χ0) is 16.1. The minimum atomic E-state index is -0.983. The summed E-state index contributed by atoms with van der Waals surface area (Å²) < 4.78 is 0. The Bertz CT molecular complexity index is 448. The highest BCUT2D eigenvalue weighted by molar-refractivity contribution is 8.00. The lowest BCUT2D eigenvalue weighted by Gasteiger charge is -2.17. The zero-order valence-corrected chi connectivity index (χ0v) is 13.3. The third-order valence-electron chi connectivity index (χ3n) is 3.77. The van der Waals surface area contributed by atoms with Crippen LogP contribution >= 0.6 is 11.8 Å². The minimum absolute atomic E-state index is 0.0823. The number of amides is 3. The van der Waals surface area contributed by atoms with Gasteiger partial charge in [0.15, 0.2) is 0 Å². The van der Waals surface area contributed by atoms with Crippen LogP contribution in [0.25, 0.3) is 0 Å². The quantitative estimate of drug-likeness (QED) is 0.278. The van der Waals surface area contributed by atoms with E-state index in [2.05, 4.69) is 16.1 Å². The molecule has 3 amide bonds. The van der Waals surface area contributed by atoms with E-state index >= 15 is 0 Å². The Labute approximate surface area is 133 Å². The first-order valence-corrected chi connectivity index (χ1v) is 8.41. The number of rotatable bonds is 8. The Balaban J connectivity index is 1.58. The normalized spacial score (nSPS) is 26.5. The van der Waals surface area contributed by atoms with Gasteiger partial charge in [-0.3, -0.25) is 15.0 Å². The lowest BCUT2D eigenvalue weighted by molar-refractivity contribution is -0.139. The molecule has 2 rings (SSSR count). The summed E-state index contributed by atoms with van der Waals surface area (Å²) in [5, 5.41) is 16.1. The number of hydrogen-bond donors (Lipinski definition) is 4. The molecule has 0 aromatic heterocycles. The largest absolute Gasteiger partial charge is 0.480 e. The molecule has 2 saturated heterocycles. The van der Waals surface area contributed by atoms with Gasteiger partial charge in [0.1, 0.15) is 6.54 Å². The second kappa shape index (κ2) is 7.68. The van der Waals surface area contributed by atoms with E-state index in [0.717, 1.165) is 25.0 Å². The summed E-state index contributed by atoms with van der Waals surface area (Å²) in [4.78, 5) is 33.4. The van der Waals surface area contributed by atoms with Gasteiger partial charge in [0.05, 0.1) is 12.1 Å². The SMILES string of the molecule is CN(CC(=O)O)NC(=O)CCCC[C@@H]1SC[C@@H]2NC(=O)N[C@@H]21. The van der Waals surface area contributed by atoms with Crippen LogP contribution < -0.4 is 16.1 Å². The molecule has 22 heavy (non-hydrogen) atoms. The Morgan fingerprint density at radius 2 is 2.18 bits per heavy atom. The van der Waals surface area contributed by atoms with Gasteiger partial charge in [-0.25, -0.2) is 9.80 Å². The molecule has 2 aliphatic heterocycles. The molecule has 8 nitrogen and oxygen atoms in total. The molecule has 2 aliphatic rings. The topological polar surface area (TPSA) is 111 Å². The van der Waals surface area contributed by atoms with Crippen LogP contribution in [0.4, 0.5) is 4.79 Å². The number of likely N-dealkylation sites (N-methyl/N-ethyl adjacent to an activating group) is 1. The number of fused-ring (bicyclic) bond motifs is 1. The number of carboxylic acids is 1. The third-order valence-corrected chi connectivity index (χ3v) is 5.28. The number of hydrogen-bond acceptors (Lipinski definition) is 5. The second-order valence-corrected chi connectivity index (χ2v) is 6.92. The fraction of sp³-hybridized carbons (Fsp3) is 0.769. The molecule has 3 atom stereocenters. The molecule has 0 spiro atoms. The highest BCUT2D eigenvalue weighted by atomic mass is 32.2. The molecule has 0 aliphatic carbocycles. The van der Waals surface area contributed by atoms with Gasteiger partial charge in [0.25, 0.3) is 0 Å². The van der Waals surface area contributed by atoms with Crippen molar-refractivity contribution in [1.29, 1.82) is 0 Å². The molecular weight excluding hydrogens is 308 g/mol. The van der Waals surface area contributed by atoms with Crippen molar-refractivity contribution in [2.45, 2.75) is 43.0 Å². The van der Waals surface area contributed by atoms with Crippen LogP contribution in [0, 0.1) is 0 Å². The van der Waals surface area contributed by atoms with Crippen LogP contribution in [0.1, 0.15) is 25.7 Å². The molecule has 9 heteroatoms. The summed E-state index contributed by atoms with van der Waals surface area (Å²) in [6.07, 6.45) is 3.00. The van der Waals surface area contributed by atoms with Crippen LogP contribution in [0.3, 0.4) is 0 Å². The Kier molecular flexibility index (Phi) is 5.90. The average molecular weight is 330 g/mol. The molecule has 124 valence electrons. The van der Waals surface area contributed by atoms with Crippen molar-refractivity contribution < 1.29 is 19.5 Å². The van der Waals surface area contributed by atoms with Gasteiger partial charge in [-0.1, -0.05) is 6.42 Å². The van der Waals surface area contributed by atoms with Gasteiger partial charge < -0.3 is 15.7 Å². The van der Waals surface area contributed by atoms with Crippen LogP contribution in [0.5, 0.6) is 0 Å². The third kappa shape index (κ3) is 4.77. The van der Waals surface area contributed by atoms with E-state index in [4.69, 9.17) is 5.11 Å². The van der Waals surface area contributed by atoms with Crippen molar-refractivity contribution in [2.24, 2.45) is 0 Å². The first-order chi connectivity index (χ1) is 10.5. The molecule has 2 fully saturated rings. The summed E-state index contributed by atoms with van der Waals surface area (Å²) in [7, 11) is 1.52. The molecule has 0 unspecified atom stereocenters. The van der Waals surface area contributed by atoms with E-state index in [0.29, 0.717) is 11.7 Å². The van der Waals surface area contributed by atoms with Crippen molar-refractivity contribution in [2.75, 3.05) is 19.3 Å². The number of thioether (sulfide) groups is 1. The van der Waals surface area contributed by atoms with Gasteiger partial charge in [-0.2, -0.15) is 11.8 Å². The summed E-state index contributed by atoms with van der Waals surface area (Å²) in [5.41, 5.74) is 2.52. The molecule has 0 aromatic carbocycles. The Morgan fingerprint density at radius 3 is 2.91 bits per heavy atom. The lowest BCUT2D eigenvalue weighted by atomic mass is 10.0. The van der Waals surface area contributed by atoms with E-state index in [9.17, 15) is 14.4 Å². The van der Waals surface area contributed by atoms with Gasteiger partial charge in [0.2, 0.25) is 5.91 Å². The number of carbonyl (C=O) groups is 3. The predicted molar refractivity (Wildman–Crippen MR) is 82.4 cm³/mol. The number of carboxylic acid groups (broad SMARTS) is 1. The number of nitrogens with zero attached hydrogens (tertiary/aromatic N) is 1. The molecule has 4 N–H and O–H groups in total. The van der Waals surface area contributed by atoms with Crippen molar-refractivity contribution in [1.82, 2.24) is 21.1 Å². The Morgan fingerprint density at radius 1 is 1.41 bits per heavy atom. The predicted octanol–water partition coefficient (Wildman–Crippen LogP) is -0.240. The van der Waals surface area contributed by atoms with Crippen molar-refractivity contribution in [3.63, 3.8) is 0 Å². The van der Waals surface area contributed by atoms with Gasteiger partial charge >= 0.3 is 12.0 Å². The first-order valence-electron chi connectivity index (χ1n) is 7.37. The van der Waals surface area contributed by atoms with E-state index in [1.165, 1.54) is 12.1 Å². The molecule has 0 radical (unpaired) electrons. The Hall–Kier alpha value is -1.48. The fourth-order valence-electron chi connectivity index (χ4n) is 2.79. The first kappa shape index (κ1) is 16.9. The van der Waals surface area contributed by atoms with Crippen molar-refractivity contribution >= 4 is 29.7 Å². The molecular formula is C13H22N4O4S. The lowest BCUT2D eigenvalue weighted by Crippen LogP contribution is -2.42. The average Bonchev–Trinajstić information content (AvgIpc) is 2.93. The molecule has 0 aromatic rings. The summed E-state index contributed by atoms with van der Waals surface area (Å²) in [6, 6.07) is 0.352. The highest BCUT2D eigenvalue weighted by Gasteiger charge is 2.42. The maximum atomic E-state index is 11.6. The number of aliphatic carboxylic acids is 1. The van der Waals surface area contributed by atoms with Crippen LogP contribution in [0.15, 0.2) is 0 Å². The molecule has 0 bridgehead atoms. The van der Waals surface area contributed by atoms with Crippen molar-refractivity contribution in [3.8, 4) is 0 Å². The number of unbranched alkanes of at least 4 members (excludes halogenated alkanes) is 1. The summed E-state index contributed by atoms with van der Waals surface area (Å²) in [5.74, 6) is -0.214. The van der Waals surface area contributed by atoms with E-state index in [-0.39, 0.29) is 30.6 Å². The minimum Gasteiger partial charge on any atom is -0.480 e. The zero-order valence-electron chi connectivity index (χ0n) is 12.5. The maximum Gasteiger partial charge on any atom is 0.319 e. The second-order valence-electron chi connectivity index (χ2n) is 5.65. The van der Waals surface area contributed by atoms with Gasteiger partial charge in [-0.15, -0.1) is 0 Å². The van der Waals surface area contributed by atoms with Crippen LogP contribution in [-0.4, -0.2) is 64.7 Å². The monoisotopic (exact) mass is 330 g/mol. The number of nitrogens with one attached hydrogen (secondary N) is 3. The van der Waals surface area contributed by atoms with Gasteiger partial charge in [0, 0.05) is 24.5 Å². The maximum absolute atomic E-state index is 11.6. The summed E-state index contributed by atoms with van der Waals surface area (Å²) >= 11 is 1.86. The summed E-state index contributed by atoms with van der Waals surface area (Å²) in [6.45, 7) is -0.222. The van der Waals surface area contributed by atoms with E-state index in [1.807, 2.05) is 11.8 Å². The number of hydrazine groups is 1. The van der Waals surface area contributed by atoms with Crippen LogP contribution in [0.2, 0.25) is 0 Å². The molecule has 0 saturated carbocycles. The van der Waals surface area contributed by atoms with Gasteiger partial charge in [-0.05, 0) is 12.8 Å². The molecule has 2 heterocycles.